The Labute approximate surface area is 150 Å². The SMILES string of the molecule is C[C@@H]1CCC[C@@]2(C)C[C@H]3OC(=O)[C@@H](CNCc4ccncc4)[C@@H]3C=C12. The Balaban J connectivity index is 1.47. The fourth-order valence-corrected chi connectivity index (χ4v) is 5.15. The van der Waals surface area contributed by atoms with E-state index in [2.05, 4.69) is 30.2 Å². The number of carbonyl (C=O) groups is 1. The van der Waals surface area contributed by atoms with E-state index >= 15 is 0 Å². The van der Waals surface area contributed by atoms with E-state index < -0.39 is 0 Å². The van der Waals surface area contributed by atoms with Crippen LogP contribution in [0.5, 0.6) is 0 Å². The summed E-state index contributed by atoms with van der Waals surface area (Å²) in [7, 11) is 0. The standard InChI is InChI=1S/C21H28N2O2/c1-14-4-3-7-21(2)11-19-16(10-18(14)21)17(20(24)25-19)13-23-12-15-5-8-22-9-6-15/h5-6,8-10,14,16-17,19,23H,3-4,7,11-13H2,1-2H3/t14-,16+,17+,19-,21+/m1/s1. The molecule has 1 aromatic heterocycles. The molecule has 25 heavy (non-hydrogen) atoms. The van der Waals surface area contributed by atoms with Crippen LogP contribution < -0.4 is 5.32 Å². The number of hydrogen-bond donors (Lipinski definition) is 1. The number of fused-ring (bicyclic) bond motifs is 2. The Bertz CT molecular complexity index is 672. The maximum Gasteiger partial charge on any atom is 0.311 e. The van der Waals surface area contributed by atoms with Crippen molar-refractivity contribution in [2.75, 3.05) is 6.54 Å². The Morgan fingerprint density at radius 3 is 2.96 bits per heavy atom. The molecular weight excluding hydrogens is 312 g/mol. The van der Waals surface area contributed by atoms with E-state index in [-0.39, 0.29) is 29.3 Å². The number of allylic oxidation sites excluding steroid dienone is 1. The second kappa shape index (κ2) is 6.56. The highest BCUT2D eigenvalue weighted by Crippen LogP contribution is 2.53. The fraction of sp³-hybridized carbons (Fsp3) is 0.619. The summed E-state index contributed by atoms with van der Waals surface area (Å²) in [5, 5.41) is 3.44. The van der Waals surface area contributed by atoms with Gasteiger partial charge in [0.25, 0.3) is 0 Å². The number of nitrogens with zero attached hydrogens (tertiary/aromatic N) is 1. The highest BCUT2D eigenvalue weighted by atomic mass is 16.6. The van der Waals surface area contributed by atoms with Gasteiger partial charge in [-0.15, -0.1) is 0 Å². The average molecular weight is 340 g/mol. The minimum Gasteiger partial charge on any atom is -0.461 e. The van der Waals surface area contributed by atoms with Crippen LogP contribution in [0.15, 0.2) is 36.2 Å². The second-order valence-corrected chi connectivity index (χ2v) is 8.33. The van der Waals surface area contributed by atoms with E-state index in [0.29, 0.717) is 12.5 Å². The third-order valence-electron chi connectivity index (χ3n) is 6.52. The monoisotopic (exact) mass is 340 g/mol. The molecule has 1 N–H and O–H groups in total. The summed E-state index contributed by atoms with van der Waals surface area (Å²) in [5.74, 6) is 0.795. The lowest BCUT2D eigenvalue weighted by Gasteiger charge is -2.46. The van der Waals surface area contributed by atoms with Gasteiger partial charge in [0.2, 0.25) is 0 Å². The summed E-state index contributed by atoms with van der Waals surface area (Å²) in [6.07, 6.45) is 10.9. The van der Waals surface area contributed by atoms with Crippen molar-refractivity contribution < 1.29 is 9.53 Å². The van der Waals surface area contributed by atoms with E-state index in [1.54, 1.807) is 18.0 Å². The van der Waals surface area contributed by atoms with Crippen LogP contribution in [0.3, 0.4) is 0 Å². The van der Waals surface area contributed by atoms with Gasteiger partial charge in [-0.3, -0.25) is 9.78 Å². The van der Waals surface area contributed by atoms with Gasteiger partial charge in [0.05, 0.1) is 5.92 Å². The van der Waals surface area contributed by atoms with E-state index in [4.69, 9.17) is 4.74 Å². The number of esters is 1. The molecule has 134 valence electrons. The predicted octanol–water partition coefficient (Wildman–Crippen LogP) is 3.49. The summed E-state index contributed by atoms with van der Waals surface area (Å²) < 4.78 is 5.80. The summed E-state index contributed by atoms with van der Waals surface area (Å²) in [4.78, 5) is 16.5. The lowest BCUT2D eigenvalue weighted by molar-refractivity contribution is -0.145. The normalized spacial score (nSPS) is 37.0. The van der Waals surface area contributed by atoms with E-state index in [1.165, 1.54) is 24.8 Å². The Hall–Kier alpha value is -1.68. The highest BCUT2D eigenvalue weighted by molar-refractivity contribution is 5.76. The van der Waals surface area contributed by atoms with Gasteiger partial charge in [0.15, 0.2) is 0 Å². The molecule has 0 bridgehead atoms. The zero-order valence-corrected chi connectivity index (χ0v) is 15.2. The van der Waals surface area contributed by atoms with Crippen molar-refractivity contribution in [2.24, 2.45) is 23.2 Å². The molecule has 1 aromatic rings. The van der Waals surface area contributed by atoms with Gasteiger partial charge < -0.3 is 10.1 Å². The molecule has 4 rings (SSSR count). The van der Waals surface area contributed by atoms with Crippen LogP contribution in [-0.4, -0.2) is 23.6 Å². The first-order valence-electron chi connectivity index (χ1n) is 9.59. The third-order valence-corrected chi connectivity index (χ3v) is 6.52. The van der Waals surface area contributed by atoms with Crippen LogP contribution in [0.4, 0.5) is 0 Å². The van der Waals surface area contributed by atoms with Gasteiger partial charge in [-0.25, -0.2) is 0 Å². The first-order valence-corrected chi connectivity index (χ1v) is 9.59. The Morgan fingerprint density at radius 2 is 2.16 bits per heavy atom. The topological polar surface area (TPSA) is 51.2 Å². The molecule has 4 heteroatoms. The number of carbonyl (C=O) groups excluding carboxylic acids is 1. The number of nitrogens with one attached hydrogen (secondary N) is 1. The van der Waals surface area contributed by atoms with Crippen LogP contribution in [0.1, 0.15) is 45.1 Å². The number of pyridine rings is 1. The molecule has 0 amide bonds. The van der Waals surface area contributed by atoms with Crippen molar-refractivity contribution in [2.45, 2.75) is 52.2 Å². The molecule has 2 heterocycles. The van der Waals surface area contributed by atoms with E-state index in [0.717, 1.165) is 13.0 Å². The van der Waals surface area contributed by atoms with Gasteiger partial charge in [0.1, 0.15) is 6.10 Å². The van der Waals surface area contributed by atoms with Crippen LogP contribution in [0.2, 0.25) is 0 Å². The first-order chi connectivity index (χ1) is 12.1. The quantitative estimate of drug-likeness (QED) is 0.673. The molecule has 0 aromatic carbocycles. The molecule has 5 atom stereocenters. The number of aromatic nitrogens is 1. The van der Waals surface area contributed by atoms with Gasteiger partial charge in [-0.1, -0.05) is 31.9 Å². The summed E-state index contributed by atoms with van der Waals surface area (Å²) >= 11 is 0. The van der Waals surface area contributed by atoms with Crippen molar-refractivity contribution >= 4 is 5.97 Å². The maximum absolute atomic E-state index is 12.5. The smallest absolute Gasteiger partial charge is 0.311 e. The molecule has 0 unspecified atom stereocenters. The van der Waals surface area contributed by atoms with Crippen molar-refractivity contribution in [3.8, 4) is 0 Å². The zero-order chi connectivity index (χ0) is 17.4. The molecule has 3 aliphatic rings. The van der Waals surface area contributed by atoms with Gasteiger partial charge >= 0.3 is 5.97 Å². The van der Waals surface area contributed by atoms with E-state index in [1.807, 2.05) is 12.1 Å². The highest BCUT2D eigenvalue weighted by Gasteiger charge is 2.51. The summed E-state index contributed by atoms with van der Waals surface area (Å²) in [5.41, 5.74) is 3.00. The third kappa shape index (κ3) is 3.12. The van der Waals surface area contributed by atoms with Crippen LogP contribution in [-0.2, 0) is 16.1 Å². The van der Waals surface area contributed by atoms with Gasteiger partial charge in [-0.2, -0.15) is 0 Å². The molecular formula is C21H28N2O2. The molecule has 1 aliphatic heterocycles. The molecule has 1 saturated heterocycles. The van der Waals surface area contributed by atoms with Crippen molar-refractivity contribution in [3.63, 3.8) is 0 Å². The second-order valence-electron chi connectivity index (χ2n) is 8.33. The van der Waals surface area contributed by atoms with E-state index in [9.17, 15) is 4.79 Å². The minimum atomic E-state index is -0.0574. The van der Waals surface area contributed by atoms with Crippen LogP contribution >= 0.6 is 0 Å². The average Bonchev–Trinajstić information content (AvgIpc) is 2.88. The largest absolute Gasteiger partial charge is 0.461 e. The van der Waals surface area contributed by atoms with Crippen molar-refractivity contribution in [1.82, 2.24) is 10.3 Å². The van der Waals surface area contributed by atoms with Crippen molar-refractivity contribution in [3.05, 3.63) is 41.7 Å². The number of hydrogen-bond acceptors (Lipinski definition) is 4. The van der Waals surface area contributed by atoms with Gasteiger partial charge in [-0.05, 0) is 48.3 Å². The maximum atomic E-state index is 12.5. The number of ether oxygens (including phenoxy) is 1. The molecule has 1 saturated carbocycles. The Kier molecular flexibility index (Phi) is 4.40. The van der Waals surface area contributed by atoms with Crippen molar-refractivity contribution in [1.29, 1.82) is 0 Å². The minimum absolute atomic E-state index is 0.0241. The summed E-state index contributed by atoms with van der Waals surface area (Å²) in [6, 6.07) is 4.00. The zero-order valence-electron chi connectivity index (χ0n) is 15.2. The fourth-order valence-electron chi connectivity index (χ4n) is 5.15. The van der Waals surface area contributed by atoms with Gasteiger partial charge in [0, 0.05) is 31.4 Å². The lowest BCUT2D eigenvalue weighted by Crippen LogP contribution is -2.40. The van der Waals surface area contributed by atoms with Crippen LogP contribution in [0, 0.1) is 23.2 Å². The predicted molar refractivity (Wildman–Crippen MR) is 96.6 cm³/mol. The molecule has 0 radical (unpaired) electrons. The molecule has 0 spiro atoms. The first kappa shape index (κ1) is 16.8. The Morgan fingerprint density at radius 1 is 1.36 bits per heavy atom. The molecule has 2 aliphatic carbocycles. The van der Waals surface area contributed by atoms with Crippen LogP contribution in [0.25, 0.3) is 0 Å². The molecule has 2 fully saturated rings. The molecule has 4 nitrogen and oxygen atoms in total. The summed E-state index contributed by atoms with van der Waals surface area (Å²) in [6.45, 7) is 6.15. The lowest BCUT2D eigenvalue weighted by atomic mass is 9.59. The number of rotatable bonds is 4.